The first-order chi connectivity index (χ1) is 9.46. The van der Waals surface area contributed by atoms with Crippen LogP contribution in [0.15, 0.2) is 18.2 Å². The molecule has 0 unspecified atom stereocenters. The van der Waals surface area contributed by atoms with Crippen LogP contribution in [0, 0.1) is 0 Å². The van der Waals surface area contributed by atoms with Gasteiger partial charge in [-0.1, -0.05) is 6.07 Å². The highest BCUT2D eigenvalue weighted by Gasteiger charge is 2.13. The number of carbonyl (C=O) groups excluding carboxylic acids is 2. The van der Waals surface area contributed by atoms with Crippen molar-refractivity contribution >= 4 is 29.3 Å². The smallest absolute Gasteiger partial charge is 0.338 e. The lowest BCUT2D eigenvalue weighted by Crippen LogP contribution is -2.10. The third-order valence-electron chi connectivity index (χ3n) is 2.47. The summed E-state index contributed by atoms with van der Waals surface area (Å²) in [4.78, 5) is 33.8. The molecule has 1 aromatic carbocycles. The third-order valence-corrected chi connectivity index (χ3v) is 2.77. The number of rotatable bonds is 7. The molecule has 0 bridgehead atoms. The van der Waals surface area contributed by atoms with Crippen LogP contribution < -0.4 is 0 Å². The van der Waals surface area contributed by atoms with Crippen molar-refractivity contribution in [2.45, 2.75) is 19.8 Å². The van der Waals surface area contributed by atoms with E-state index in [1.165, 1.54) is 12.1 Å². The molecule has 0 radical (unpaired) electrons. The first-order valence-corrected chi connectivity index (χ1v) is 6.59. The molecule has 0 saturated heterocycles. The number of carboxylic acids is 1. The lowest BCUT2D eigenvalue weighted by atomic mass is 10.0. The van der Waals surface area contributed by atoms with E-state index in [1.807, 2.05) is 0 Å². The topological polar surface area (TPSA) is 80.7 Å². The van der Waals surface area contributed by atoms with Crippen LogP contribution in [-0.2, 0) is 27.2 Å². The molecule has 0 atom stereocenters. The Bertz CT molecular complexity index is 524. The van der Waals surface area contributed by atoms with Gasteiger partial charge in [-0.05, 0) is 30.2 Å². The van der Waals surface area contributed by atoms with Crippen LogP contribution in [0.4, 0.5) is 0 Å². The first-order valence-electron chi connectivity index (χ1n) is 6.05. The van der Waals surface area contributed by atoms with Crippen LogP contribution in [0.5, 0.6) is 0 Å². The molecule has 0 aromatic heterocycles. The Morgan fingerprint density at radius 3 is 2.25 bits per heavy atom. The second kappa shape index (κ2) is 7.65. The van der Waals surface area contributed by atoms with Crippen LogP contribution in [-0.4, -0.2) is 35.3 Å². The lowest BCUT2D eigenvalue weighted by molar-refractivity contribution is -0.136. The summed E-state index contributed by atoms with van der Waals surface area (Å²) in [5.74, 6) is -1.88. The van der Waals surface area contributed by atoms with Gasteiger partial charge in [0, 0.05) is 6.42 Å². The Labute approximate surface area is 121 Å². The molecule has 0 aliphatic carbocycles. The summed E-state index contributed by atoms with van der Waals surface area (Å²) in [5, 5.41) is 8.81. The number of hydrogen-bond donors (Lipinski definition) is 1. The second-order valence-corrected chi connectivity index (χ2v) is 4.45. The fourth-order valence-electron chi connectivity index (χ4n) is 1.75. The maximum atomic E-state index is 11.7. The predicted octanol–water partition coefficient (Wildman–Crippen LogP) is 1.84. The van der Waals surface area contributed by atoms with E-state index in [9.17, 15) is 14.4 Å². The van der Waals surface area contributed by atoms with Gasteiger partial charge in [-0.15, -0.1) is 11.6 Å². The van der Waals surface area contributed by atoms with Gasteiger partial charge in [-0.3, -0.25) is 9.59 Å². The van der Waals surface area contributed by atoms with Crippen molar-refractivity contribution in [3.8, 4) is 0 Å². The average molecular weight is 299 g/mol. The normalized spacial score (nSPS) is 10.1. The van der Waals surface area contributed by atoms with E-state index >= 15 is 0 Å². The maximum absolute atomic E-state index is 11.7. The fraction of sp³-hybridized carbons (Fsp3) is 0.357. The van der Waals surface area contributed by atoms with Crippen molar-refractivity contribution in [2.24, 2.45) is 0 Å². The number of aliphatic carboxylic acids is 1. The van der Waals surface area contributed by atoms with E-state index in [2.05, 4.69) is 0 Å². The molecule has 6 heteroatoms. The van der Waals surface area contributed by atoms with Crippen LogP contribution in [0.2, 0.25) is 0 Å². The first kappa shape index (κ1) is 16.2. The van der Waals surface area contributed by atoms with Gasteiger partial charge in [0.15, 0.2) is 5.78 Å². The zero-order valence-corrected chi connectivity index (χ0v) is 11.8. The summed E-state index contributed by atoms with van der Waals surface area (Å²) in [6.45, 7) is 1.90. The van der Waals surface area contributed by atoms with Crippen molar-refractivity contribution in [1.82, 2.24) is 0 Å². The van der Waals surface area contributed by atoms with E-state index < -0.39 is 11.9 Å². The fourth-order valence-corrected chi connectivity index (χ4v) is 1.84. The number of hydrogen-bond acceptors (Lipinski definition) is 4. The molecule has 20 heavy (non-hydrogen) atoms. The molecule has 1 rings (SSSR count). The Hall–Kier alpha value is -1.88. The Balaban J connectivity index is 3.09. The SMILES string of the molecule is CCOC(=O)c1cc(CC(=O)O)cc(CC(=O)CCl)c1. The van der Waals surface area contributed by atoms with E-state index in [0.29, 0.717) is 11.1 Å². The minimum Gasteiger partial charge on any atom is -0.481 e. The van der Waals surface area contributed by atoms with E-state index in [4.69, 9.17) is 21.4 Å². The maximum Gasteiger partial charge on any atom is 0.338 e. The molecule has 0 amide bonds. The molecule has 0 aliphatic rings. The molecule has 0 saturated carbocycles. The summed E-state index contributed by atoms with van der Waals surface area (Å²) < 4.78 is 4.88. The van der Waals surface area contributed by atoms with Gasteiger partial charge in [0.05, 0.1) is 24.5 Å². The molecule has 1 N–H and O–H groups in total. The van der Waals surface area contributed by atoms with E-state index in [1.54, 1.807) is 13.0 Å². The lowest BCUT2D eigenvalue weighted by Gasteiger charge is -2.08. The molecular weight excluding hydrogens is 284 g/mol. The minimum absolute atomic E-state index is 0.0589. The second-order valence-electron chi connectivity index (χ2n) is 4.18. The van der Waals surface area contributed by atoms with Crippen molar-refractivity contribution in [3.63, 3.8) is 0 Å². The predicted molar refractivity (Wildman–Crippen MR) is 73.2 cm³/mol. The number of alkyl halides is 1. The summed E-state index contributed by atoms with van der Waals surface area (Å²) >= 11 is 5.44. The Kier molecular flexibility index (Phi) is 6.18. The van der Waals surface area contributed by atoms with Crippen LogP contribution >= 0.6 is 11.6 Å². The van der Waals surface area contributed by atoms with E-state index in [0.717, 1.165) is 0 Å². The molecule has 0 heterocycles. The van der Waals surface area contributed by atoms with Crippen LogP contribution in [0.3, 0.4) is 0 Å². The molecule has 5 nitrogen and oxygen atoms in total. The van der Waals surface area contributed by atoms with Gasteiger partial charge in [0.1, 0.15) is 0 Å². The van der Waals surface area contributed by atoms with Crippen LogP contribution in [0.25, 0.3) is 0 Å². The van der Waals surface area contributed by atoms with Gasteiger partial charge in [-0.2, -0.15) is 0 Å². The number of ketones is 1. The van der Waals surface area contributed by atoms with Gasteiger partial charge >= 0.3 is 11.9 Å². The molecule has 0 aliphatic heterocycles. The number of carboxylic acid groups (broad SMARTS) is 1. The summed E-state index contributed by atoms with van der Waals surface area (Å²) in [5.41, 5.74) is 1.24. The number of Topliss-reactive ketones (excluding diaryl/α,β-unsaturated/α-hetero) is 1. The zero-order valence-electron chi connectivity index (χ0n) is 11.0. The number of esters is 1. The summed E-state index contributed by atoms with van der Waals surface area (Å²) in [6, 6.07) is 4.57. The molecular formula is C14H15ClO5. The quantitative estimate of drug-likeness (QED) is 0.613. The average Bonchev–Trinajstić information content (AvgIpc) is 2.37. The highest BCUT2D eigenvalue weighted by atomic mass is 35.5. The highest BCUT2D eigenvalue weighted by Crippen LogP contribution is 2.14. The van der Waals surface area contributed by atoms with Crippen molar-refractivity contribution in [2.75, 3.05) is 12.5 Å². The standard InChI is InChI=1S/C14H15ClO5/c1-2-20-14(19)11-4-9(6-12(16)8-15)3-10(5-11)7-13(17)18/h3-5H,2,6-8H2,1H3,(H,17,18). The highest BCUT2D eigenvalue weighted by molar-refractivity contribution is 6.27. The Morgan fingerprint density at radius 2 is 1.75 bits per heavy atom. The number of ether oxygens (including phenoxy) is 1. The minimum atomic E-state index is -1.01. The largest absolute Gasteiger partial charge is 0.481 e. The monoisotopic (exact) mass is 298 g/mol. The third kappa shape index (κ3) is 5.01. The number of carbonyl (C=O) groups is 3. The summed E-state index contributed by atoms with van der Waals surface area (Å²) in [7, 11) is 0. The van der Waals surface area contributed by atoms with Crippen molar-refractivity contribution < 1.29 is 24.2 Å². The van der Waals surface area contributed by atoms with Crippen molar-refractivity contribution in [1.29, 1.82) is 0 Å². The summed E-state index contributed by atoms with van der Waals surface area (Å²) in [6.07, 6.45) is -0.168. The van der Waals surface area contributed by atoms with Gasteiger partial charge in [0.25, 0.3) is 0 Å². The van der Waals surface area contributed by atoms with Gasteiger partial charge in [-0.25, -0.2) is 4.79 Å². The van der Waals surface area contributed by atoms with Gasteiger partial charge in [0.2, 0.25) is 0 Å². The number of halogens is 1. The number of benzene rings is 1. The van der Waals surface area contributed by atoms with Crippen molar-refractivity contribution in [3.05, 3.63) is 34.9 Å². The Morgan fingerprint density at radius 1 is 1.15 bits per heavy atom. The molecule has 0 fully saturated rings. The van der Waals surface area contributed by atoms with Crippen LogP contribution in [0.1, 0.15) is 28.4 Å². The molecule has 108 valence electrons. The zero-order chi connectivity index (χ0) is 15.1. The molecule has 1 aromatic rings. The molecule has 0 spiro atoms. The van der Waals surface area contributed by atoms with E-state index in [-0.39, 0.29) is 36.7 Å². The van der Waals surface area contributed by atoms with Gasteiger partial charge < -0.3 is 9.84 Å².